The van der Waals surface area contributed by atoms with Crippen molar-refractivity contribution in [1.82, 2.24) is 4.98 Å². The van der Waals surface area contributed by atoms with Crippen LogP contribution in [-0.2, 0) is 0 Å². The molecule has 0 aliphatic rings. The van der Waals surface area contributed by atoms with Gasteiger partial charge >= 0.3 is 0 Å². The molecular formula is C15H11Br2N3. The number of hydrazine groups is 1. The first-order valence-corrected chi connectivity index (χ1v) is 7.60. The fourth-order valence-electron chi connectivity index (χ4n) is 2.14. The summed E-state index contributed by atoms with van der Waals surface area (Å²) in [6.07, 6.45) is 0. The summed E-state index contributed by atoms with van der Waals surface area (Å²) in [5.74, 6) is 5.67. The molecule has 3 aromatic rings. The topological polar surface area (TPSA) is 50.9 Å². The lowest BCUT2D eigenvalue weighted by molar-refractivity contribution is 1.33. The van der Waals surface area contributed by atoms with Crippen molar-refractivity contribution < 1.29 is 0 Å². The van der Waals surface area contributed by atoms with Crippen LogP contribution in [0.3, 0.4) is 0 Å². The Hall–Kier alpha value is -1.43. The molecule has 20 heavy (non-hydrogen) atoms. The SMILES string of the molecule is NNc1cc(-c2ccccc2)nc2c(Br)ccc(Br)c12. The lowest BCUT2D eigenvalue weighted by Gasteiger charge is -2.11. The minimum Gasteiger partial charge on any atom is -0.323 e. The number of benzene rings is 2. The lowest BCUT2D eigenvalue weighted by atomic mass is 10.1. The van der Waals surface area contributed by atoms with Gasteiger partial charge < -0.3 is 5.43 Å². The first kappa shape index (κ1) is 13.5. The monoisotopic (exact) mass is 391 g/mol. The summed E-state index contributed by atoms with van der Waals surface area (Å²) in [6.45, 7) is 0. The van der Waals surface area contributed by atoms with E-state index in [-0.39, 0.29) is 0 Å². The van der Waals surface area contributed by atoms with E-state index in [1.807, 2.05) is 48.5 Å². The number of nitrogen functional groups attached to an aromatic ring is 1. The second-order valence-corrected chi connectivity index (χ2v) is 6.03. The van der Waals surface area contributed by atoms with Crippen LogP contribution in [0.25, 0.3) is 22.2 Å². The highest BCUT2D eigenvalue weighted by Crippen LogP contribution is 2.36. The third-order valence-corrected chi connectivity index (χ3v) is 4.39. The van der Waals surface area contributed by atoms with Gasteiger partial charge in [-0.2, -0.15) is 0 Å². The number of fused-ring (bicyclic) bond motifs is 1. The summed E-state index contributed by atoms with van der Waals surface area (Å²) in [5, 5.41) is 0.960. The number of anilines is 1. The van der Waals surface area contributed by atoms with Crippen molar-refractivity contribution in [1.29, 1.82) is 0 Å². The first-order chi connectivity index (χ1) is 9.70. The maximum atomic E-state index is 5.67. The molecule has 100 valence electrons. The number of nitrogens with zero attached hydrogens (tertiary/aromatic N) is 1. The van der Waals surface area contributed by atoms with Crippen LogP contribution < -0.4 is 11.3 Å². The molecule has 0 bridgehead atoms. The molecule has 0 saturated heterocycles. The van der Waals surface area contributed by atoms with Crippen molar-refractivity contribution in [3.63, 3.8) is 0 Å². The smallest absolute Gasteiger partial charge is 0.0884 e. The van der Waals surface area contributed by atoms with Crippen LogP contribution >= 0.6 is 31.9 Å². The number of nitrogens with one attached hydrogen (secondary N) is 1. The number of rotatable bonds is 2. The Kier molecular flexibility index (Phi) is 3.74. The number of halogens is 2. The van der Waals surface area contributed by atoms with Crippen molar-refractivity contribution in [3.8, 4) is 11.3 Å². The molecule has 0 spiro atoms. The van der Waals surface area contributed by atoms with Gasteiger partial charge in [0, 0.05) is 19.9 Å². The van der Waals surface area contributed by atoms with E-state index in [0.717, 1.165) is 36.8 Å². The molecule has 1 heterocycles. The van der Waals surface area contributed by atoms with Gasteiger partial charge in [0.05, 0.1) is 16.9 Å². The van der Waals surface area contributed by atoms with Crippen molar-refractivity contribution in [2.45, 2.75) is 0 Å². The molecule has 0 amide bonds. The summed E-state index contributed by atoms with van der Waals surface area (Å²) in [4.78, 5) is 4.74. The van der Waals surface area contributed by atoms with E-state index in [4.69, 9.17) is 10.8 Å². The number of hydrogen-bond donors (Lipinski definition) is 2. The zero-order valence-corrected chi connectivity index (χ0v) is 13.6. The van der Waals surface area contributed by atoms with E-state index in [0.29, 0.717) is 0 Å². The highest BCUT2D eigenvalue weighted by molar-refractivity contribution is 9.11. The fourth-order valence-corrected chi connectivity index (χ4v) is 3.09. The van der Waals surface area contributed by atoms with Gasteiger partial charge in [-0.25, -0.2) is 4.98 Å². The van der Waals surface area contributed by atoms with Gasteiger partial charge in [0.1, 0.15) is 0 Å². The van der Waals surface area contributed by atoms with Gasteiger partial charge in [-0.3, -0.25) is 5.84 Å². The van der Waals surface area contributed by atoms with Crippen LogP contribution in [0, 0.1) is 0 Å². The Morgan fingerprint density at radius 2 is 1.65 bits per heavy atom. The maximum absolute atomic E-state index is 5.67. The van der Waals surface area contributed by atoms with Crippen LogP contribution in [0.1, 0.15) is 0 Å². The summed E-state index contributed by atoms with van der Waals surface area (Å²) in [6, 6.07) is 15.9. The van der Waals surface area contributed by atoms with Crippen LogP contribution in [0.15, 0.2) is 57.5 Å². The molecule has 0 radical (unpaired) electrons. The predicted octanol–water partition coefficient (Wildman–Crippen LogP) is 4.71. The normalized spacial score (nSPS) is 10.8. The van der Waals surface area contributed by atoms with Crippen molar-refractivity contribution in [2.24, 2.45) is 5.84 Å². The van der Waals surface area contributed by atoms with Gasteiger partial charge in [-0.15, -0.1) is 0 Å². The Balaban J connectivity index is 2.35. The molecule has 3 N–H and O–H groups in total. The van der Waals surface area contributed by atoms with Crippen LogP contribution in [-0.4, -0.2) is 4.98 Å². The molecule has 3 nitrogen and oxygen atoms in total. The van der Waals surface area contributed by atoms with E-state index in [9.17, 15) is 0 Å². The standard InChI is InChI=1S/C15H11Br2N3/c16-10-6-7-11(17)15-14(10)13(20-18)8-12(19-15)9-4-2-1-3-5-9/h1-8H,18H2,(H,19,20). The molecule has 1 aromatic heterocycles. The second-order valence-electron chi connectivity index (χ2n) is 4.32. The summed E-state index contributed by atoms with van der Waals surface area (Å²) in [7, 11) is 0. The third-order valence-electron chi connectivity index (χ3n) is 3.09. The Labute approximate surface area is 133 Å². The molecule has 0 unspecified atom stereocenters. The van der Waals surface area contributed by atoms with E-state index < -0.39 is 0 Å². The fraction of sp³-hybridized carbons (Fsp3) is 0. The first-order valence-electron chi connectivity index (χ1n) is 6.01. The van der Waals surface area contributed by atoms with Crippen molar-refractivity contribution in [2.75, 3.05) is 5.43 Å². The quantitative estimate of drug-likeness (QED) is 0.490. The molecule has 0 aliphatic carbocycles. The minimum absolute atomic E-state index is 0.835. The van der Waals surface area contributed by atoms with Gasteiger partial charge in [0.2, 0.25) is 0 Å². The zero-order chi connectivity index (χ0) is 14.1. The molecule has 0 atom stereocenters. The average molecular weight is 393 g/mol. The summed E-state index contributed by atoms with van der Waals surface area (Å²) in [5.41, 5.74) is 6.39. The second kappa shape index (κ2) is 5.52. The third kappa shape index (κ3) is 2.32. The number of aromatic nitrogens is 1. The zero-order valence-electron chi connectivity index (χ0n) is 10.4. The van der Waals surface area contributed by atoms with Crippen LogP contribution in [0.4, 0.5) is 5.69 Å². The minimum atomic E-state index is 0.835. The highest BCUT2D eigenvalue weighted by atomic mass is 79.9. The van der Waals surface area contributed by atoms with Crippen LogP contribution in [0.5, 0.6) is 0 Å². The highest BCUT2D eigenvalue weighted by Gasteiger charge is 2.12. The van der Waals surface area contributed by atoms with Gasteiger partial charge in [0.25, 0.3) is 0 Å². The van der Waals surface area contributed by atoms with E-state index in [1.54, 1.807) is 0 Å². The van der Waals surface area contributed by atoms with Crippen molar-refractivity contribution in [3.05, 3.63) is 57.5 Å². The largest absolute Gasteiger partial charge is 0.323 e. The number of hydrogen-bond acceptors (Lipinski definition) is 3. The van der Waals surface area contributed by atoms with Crippen molar-refractivity contribution >= 4 is 48.5 Å². The van der Waals surface area contributed by atoms with Gasteiger partial charge in [-0.1, -0.05) is 46.3 Å². The molecule has 0 saturated carbocycles. The lowest BCUT2D eigenvalue weighted by Crippen LogP contribution is -2.08. The van der Waals surface area contributed by atoms with E-state index in [1.165, 1.54) is 0 Å². The Morgan fingerprint density at radius 1 is 0.950 bits per heavy atom. The molecule has 3 rings (SSSR count). The van der Waals surface area contributed by atoms with E-state index in [2.05, 4.69) is 37.3 Å². The average Bonchev–Trinajstić information content (AvgIpc) is 2.51. The molecule has 5 heteroatoms. The van der Waals surface area contributed by atoms with Gasteiger partial charge in [-0.05, 0) is 34.1 Å². The van der Waals surface area contributed by atoms with E-state index >= 15 is 0 Å². The summed E-state index contributed by atoms with van der Waals surface area (Å²) < 4.78 is 1.89. The Morgan fingerprint density at radius 3 is 2.35 bits per heavy atom. The summed E-state index contributed by atoms with van der Waals surface area (Å²) >= 11 is 7.10. The van der Waals surface area contributed by atoms with Gasteiger partial charge in [0.15, 0.2) is 0 Å². The number of pyridine rings is 1. The van der Waals surface area contributed by atoms with Crippen LogP contribution in [0.2, 0.25) is 0 Å². The predicted molar refractivity (Wildman–Crippen MR) is 90.4 cm³/mol. The molecule has 0 aliphatic heterocycles. The molecule has 0 fully saturated rings. The molecular weight excluding hydrogens is 382 g/mol. The number of nitrogens with two attached hydrogens (primary N) is 1. The molecule has 2 aromatic carbocycles. The maximum Gasteiger partial charge on any atom is 0.0884 e. The Bertz CT molecular complexity index is 773.